The second-order valence-corrected chi connectivity index (χ2v) is 13.3. The van der Waals surface area contributed by atoms with Gasteiger partial charge in [0.15, 0.2) is 5.78 Å². The molecule has 4 aromatic rings. The van der Waals surface area contributed by atoms with Crippen LogP contribution in [0.5, 0.6) is 11.5 Å². The number of carbonyl (C=O) groups is 6. The van der Waals surface area contributed by atoms with Crippen LogP contribution < -0.4 is 31.7 Å². The summed E-state index contributed by atoms with van der Waals surface area (Å²) in [6.07, 6.45) is -0.0805. The molecule has 0 saturated carbocycles. The summed E-state index contributed by atoms with van der Waals surface area (Å²) < 4.78 is 5.90. The average Bonchev–Trinajstić information content (AvgIpc) is 3.20. The van der Waals surface area contributed by atoms with Crippen molar-refractivity contribution in [2.75, 3.05) is 46.4 Å². The third-order valence-corrected chi connectivity index (χ3v) is 9.20. The zero-order valence-corrected chi connectivity index (χ0v) is 31.1. The number of likely N-dealkylation sites (N-methyl/N-ethyl adjacent to an activating group) is 1. The van der Waals surface area contributed by atoms with Crippen LogP contribution in [-0.2, 0) is 30.4 Å². The lowest BCUT2D eigenvalue weighted by molar-refractivity contribution is -0.139. The lowest BCUT2D eigenvalue weighted by Crippen LogP contribution is -2.52. The number of amides is 5. The van der Waals surface area contributed by atoms with Crippen molar-refractivity contribution in [1.82, 2.24) is 26.2 Å². The SMILES string of the molecule is CN(C(=O)CNC(=O)c1ccc(-c2ccc(Cl)cc2)cc1)C1C(=O)NCC(=O)NC(C(=O)NCC(=O)CO)Cc2ccc(O)c(c2)-c2cc1ccc2OCCN. The van der Waals surface area contributed by atoms with Crippen molar-refractivity contribution in [2.24, 2.45) is 5.73 Å². The number of phenolic OH excluding ortho intramolecular Hbond substituents is 1. The normalized spacial score (nSPS) is 15.4. The van der Waals surface area contributed by atoms with Crippen molar-refractivity contribution < 1.29 is 43.7 Å². The number of nitrogens with zero attached hydrogens (tertiary/aromatic N) is 1. The fraction of sp³-hybridized carbons (Fsp3) is 0.250. The zero-order valence-electron chi connectivity index (χ0n) is 30.3. The van der Waals surface area contributed by atoms with Crippen molar-refractivity contribution in [1.29, 1.82) is 0 Å². The highest BCUT2D eigenvalue weighted by Crippen LogP contribution is 2.39. The summed E-state index contributed by atoms with van der Waals surface area (Å²) in [7, 11) is 1.37. The van der Waals surface area contributed by atoms with Gasteiger partial charge in [0.1, 0.15) is 36.8 Å². The van der Waals surface area contributed by atoms with E-state index in [1.807, 2.05) is 12.1 Å². The van der Waals surface area contributed by atoms with Crippen LogP contribution in [0.25, 0.3) is 22.3 Å². The fourth-order valence-corrected chi connectivity index (χ4v) is 6.13. The second kappa shape index (κ2) is 18.8. The van der Waals surface area contributed by atoms with Gasteiger partial charge in [-0.3, -0.25) is 28.8 Å². The lowest BCUT2D eigenvalue weighted by Gasteiger charge is -2.29. The topological polar surface area (TPSA) is 229 Å². The predicted molar refractivity (Wildman–Crippen MR) is 207 cm³/mol. The summed E-state index contributed by atoms with van der Waals surface area (Å²) in [5, 5.41) is 30.8. The van der Waals surface area contributed by atoms with Gasteiger partial charge in [0.2, 0.25) is 23.6 Å². The molecular weight excluding hydrogens is 744 g/mol. The minimum atomic E-state index is -1.36. The van der Waals surface area contributed by atoms with Crippen LogP contribution in [0.2, 0.25) is 5.02 Å². The van der Waals surface area contributed by atoms with Gasteiger partial charge in [-0.05, 0) is 70.8 Å². The molecule has 2 atom stereocenters. The van der Waals surface area contributed by atoms with E-state index in [2.05, 4.69) is 21.3 Å². The number of nitrogens with two attached hydrogens (primary N) is 1. The van der Waals surface area contributed by atoms with Crippen molar-refractivity contribution in [3.63, 3.8) is 0 Å². The van der Waals surface area contributed by atoms with E-state index in [0.29, 0.717) is 27.5 Å². The second-order valence-electron chi connectivity index (χ2n) is 12.9. The van der Waals surface area contributed by atoms with Crippen LogP contribution in [0.1, 0.15) is 27.5 Å². The van der Waals surface area contributed by atoms with Crippen LogP contribution >= 0.6 is 11.6 Å². The molecule has 1 heterocycles. The van der Waals surface area contributed by atoms with E-state index >= 15 is 0 Å². The van der Waals surface area contributed by atoms with Gasteiger partial charge in [0, 0.05) is 41.7 Å². The molecule has 2 unspecified atom stereocenters. The number of nitrogens with one attached hydrogen (secondary N) is 4. The number of rotatable bonds is 12. The number of aliphatic hydroxyl groups excluding tert-OH is 1. The number of halogens is 1. The first-order chi connectivity index (χ1) is 26.9. The Labute approximate surface area is 327 Å². The number of ether oxygens (including phenoxy) is 1. The summed E-state index contributed by atoms with van der Waals surface area (Å²) in [6, 6.07) is 20.6. The fourth-order valence-electron chi connectivity index (χ4n) is 6.00. The van der Waals surface area contributed by atoms with Gasteiger partial charge in [-0.25, -0.2) is 0 Å². The van der Waals surface area contributed by atoms with Crippen molar-refractivity contribution in [3.8, 4) is 33.8 Å². The minimum Gasteiger partial charge on any atom is -0.507 e. The van der Waals surface area contributed by atoms with E-state index < -0.39 is 73.6 Å². The molecule has 4 aromatic carbocycles. The Morgan fingerprint density at radius 1 is 0.911 bits per heavy atom. The summed E-state index contributed by atoms with van der Waals surface area (Å²) in [5.74, 6) is -3.96. The number of aromatic hydroxyl groups is 1. The summed E-state index contributed by atoms with van der Waals surface area (Å²) in [6.45, 7) is -2.07. The van der Waals surface area contributed by atoms with Crippen molar-refractivity contribution in [2.45, 2.75) is 18.5 Å². The molecule has 1 aliphatic rings. The third kappa shape index (κ3) is 10.3. The maximum absolute atomic E-state index is 13.9. The molecule has 5 rings (SSSR count). The zero-order chi connectivity index (χ0) is 40.4. The Hall–Kier alpha value is -6.29. The summed E-state index contributed by atoms with van der Waals surface area (Å²) in [4.78, 5) is 79.7. The van der Waals surface area contributed by atoms with Gasteiger partial charge >= 0.3 is 0 Å². The number of benzene rings is 4. The quantitative estimate of drug-likeness (QED) is 0.109. The van der Waals surface area contributed by atoms with Crippen LogP contribution in [0.3, 0.4) is 0 Å². The number of Topliss-reactive ketones (excluding diaryl/α,β-unsaturated/α-hetero) is 1. The van der Waals surface area contributed by atoms with Crippen molar-refractivity contribution in [3.05, 3.63) is 107 Å². The first-order valence-corrected chi connectivity index (χ1v) is 17.9. The molecule has 292 valence electrons. The van der Waals surface area contributed by atoms with Crippen LogP contribution in [0, 0.1) is 0 Å². The highest BCUT2D eigenvalue weighted by atomic mass is 35.5. The number of hydrogen-bond acceptors (Lipinski definition) is 10. The minimum absolute atomic E-state index is 0.0805. The molecule has 15 nitrogen and oxygen atoms in total. The van der Waals surface area contributed by atoms with E-state index in [4.69, 9.17) is 27.2 Å². The molecule has 0 spiro atoms. The van der Waals surface area contributed by atoms with Crippen LogP contribution in [-0.4, -0.2) is 103 Å². The highest BCUT2D eigenvalue weighted by Gasteiger charge is 2.31. The Bertz CT molecular complexity index is 2110. The average molecular weight is 785 g/mol. The maximum Gasteiger partial charge on any atom is 0.251 e. The number of fused-ring (bicyclic) bond motifs is 5. The number of ketones is 1. The number of hydrogen-bond donors (Lipinski definition) is 7. The van der Waals surface area contributed by atoms with Gasteiger partial charge in [-0.2, -0.15) is 0 Å². The molecule has 5 amide bonds. The van der Waals surface area contributed by atoms with Gasteiger partial charge in [0.05, 0.1) is 19.6 Å². The number of aliphatic hydroxyl groups is 1. The molecule has 8 N–H and O–H groups in total. The molecule has 4 bridgehead atoms. The molecule has 16 heteroatoms. The van der Waals surface area contributed by atoms with E-state index in [1.54, 1.807) is 66.7 Å². The van der Waals surface area contributed by atoms with E-state index in [1.165, 1.54) is 13.1 Å². The molecular formula is C40H41ClN6O9. The Balaban J connectivity index is 1.43. The highest BCUT2D eigenvalue weighted by molar-refractivity contribution is 6.30. The summed E-state index contributed by atoms with van der Waals surface area (Å²) in [5.41, 5.74) is 9.13. The number of carbonyl (C=O) groups excluding carboxylic acids is 6. The molecule has 0 fully saturated rings. The Kier molecular flexibility index (Phi) is 13.8. The maximum atomic E-state index is 13.9. The monoisotopic (exact) mass is 784 g/mol. The Morgan fingerprint density at radius 2 is 1.61 bits per heavy atom. The van der Waals surface area contributed by atoms with E-state index in [0.717, 1.165) is 16.0 Å². The molecule has 1 aliphatic heterocycles. The predicted octanol–water partition coefficient (Wildman–Crippen LogP) is 1.48. The molecule has 0 radical (unpaired) electrons. The van der Waals surface area contributed by atoms with Gasteiger partial charge in [-0.1, -0.05) is 48.0 Å². The molecule has 56 heavy (non-hydrogen) atoms. The van der Waals surface area contributed by atoms with Gasteiger partial charge < -0.3 is 46.9 Å². The van der Waals surface area contributed by atoms with Gasteiger partial charge in [-0.15, -0.1) is 0 Å². The number of phenols is 1. The molecule has 0 aromatic heterocycles. The van der Waals surface area contributed by atoms with Crippen LogP contribution in [0.4, 0.5) is 0 Å². The first-order valence-electron chi connectivity index (χ1n) is 17.5. The largest absolute Gasteiger partial charge is 0.507 e. The van der Waals surface area contributed by atoms with Crippen molar-refractivity contribution >= 4 is 46.9 Å². The smallest absolute Gasteiger partial charge is 0.251 e. The Morgan fingerprint density at radius 3 is 2.29 bits per heavy atom. The standard InChI is InChI=1S/C40H41ClN6O9/c1-47(36(52)21-45-38(53)26-5-3-24(4-6-26)25-7-10-28(41)11-8-25)37-27-9-13-34(56-15-14-42)31(18-27)30-16-23(2-12-33(30)50)17-32(39(54)43-19-29(49)22-48)46-35(51)20-44-40(37)55/h2-13,16,18,32,37,48,50H,14-15,17,19-22,42H2,1H3,(H,43,54)(H,44,55)(H,45,53)(H,46,51). The third-order valence-electron chi connectivity index (χ3n) is 8.95. The van der Waals surface area contributed by atoms with Gasteiger partial charge in [0.25, 0.3) is 5.91 Å². The first kappa shape index (κ1) is 40.9. The van der Waals surface area contributed by atoms with E-state index in [9.17, 15) is 33.9 Å². The lowest BCUT2D eigenvalue weighted by atomic mass is 9.94. The van der Waals surface area contributed by atoms with Crippen LogP contribution in [0.15, 0.2) is 84.9 Å². The molecule has 0 aliphatic carbocycles. The van der Waals surface area contributed by atoms with E-state index in [-0.39, 0.29) is 36.4 Å². The molecule has 0 saturated heterocycles. The summed E-state index contributed by atoms with van der Waals surface area (Å²) >= 11 is 5.99.